The number of sulfonamides is 1. The van der Waals surface area contributed by atoms with Crippen LogP contribution >= 0.6 is 0 Å². The lowest BCUT2D eigenvalue weighted by molar-refractivity contribution is -0.120. The number of nitrogens with one attached hydrogen (secondary N) is 1. The summed E-state index contributed by atoms with van der Waals surface area (Å²) >= 11 is 0. The molecule has 0 saturated heterocycles. The second-order valence-corrected chi connectivity index (χ2v) is 10.2. The molecule has 3 aromatic rings. The van der Waals surface area contributed by atoms with Crippen LogP contribution in [0.25, 0.3) is 0 Å². The lowest BCUT2D eigenvalue weighted by atomic mass is 10.1. The van der Waals surface area contributed by atoms with Crippen LogP contribution in [0, 0.1) is 6.92 Å². The molecule has 0 spiro atoms. The van der Waals surface area contributed by atoms with Gasteiger partial charge in [-0.25, -0.2) is 8.42 Å². The summed E-state index contributed by atoms with van der Waals surface area (Å²) in [5.74, 6) is 0.403. The zero-order valence-electron chi connectivity index (χ0n) is 20.5. The van der Waals surface area contributed by atoms with Gasteiger partial charge in [0, 0.05) is 6.04 Å². The molecule has 0 aliphatic rings. The van der Waals surface area contributed by atoms with Crippen LogP contribution < -0.4 is 19.1 Å². The average Bonchev–Trinajstić information content (AvgIpc) is 2.86. The zero-order valence-corrected chi connectivity index (χ0v) is 21.3. The summed E-state index contributed by atoms with van der Waals surface area (Å²) in [5, 5.41) is 2.94. The van der Waals surface area contributed by atoms with Crippen molar-refractivity contribution < 1.29 is 22.7 Å². The fourth-order valence-electron chi connectivity index (χ4n) is 3.72. The van der Waals surface area contributed by atoms with Crippen molar-refractivity contribution in [1.82, 2.24) is 5.32 Å². The van der Waals surface area contributed by atoms with Crippen molar-refractivity contribution in [2.24, 2.45) is 0 Å². The molecule has 7 nitrogen and oxygen atoms in total. The van der Waals surface area contributed by atoms with Crippen molar-refractivity contribution in [2.75, 3.05) is 25.1 Å². The van der Waals surface area contributed by atoms with Crippen LogP contribution in [0.15, 0.2) is 77.7 Å². The maximum atomic E-state index is 13.8. The Bertz CT molecular complexity index is 1230. The fourth-order valence-corrected chi connectivity index (χ4v) is 5.38. The van der Waals surface area contributed by atoms with Crippen LogP contribution in [-0.4, -0.2) is 41.1 Å². The van der Waals surface area contributed by atoms with E-state index in [1.807, 2.05) is 37.3 Å². The highest BCUT2D eigenvalue weighted by molar-refractivity contribution is 7.93. The molecule has 186 valence electrons. The molecule has 8 heteroatoms. The number of carbonyl (C=O) groups is 1. The molecule has 0 aliphatic carbocycles. The van der Waals surface area contributed by atoms with Gasteiger partial charge in [-0.3, -0.25) is 9.10 Å². The van der Waals surface area contributed by atoms with Crippen molar-refractivity contribution in [3.8, 4) is 11.5 Å². The number of hydrogen-bond donors (Lipinski definition) is 1. The molecule has 0 bridgehead atoms. The molecule has 0 radical (unpaired) electrons. The number of amides is 1. The second kappa shape index (κ2) is 11.8. The van der Waals surface area contributed by atoms with Gasteiger partial charge in [-0.2, -0.15) is 0 Å². The van der Waals surface area contributed by atoms with E-state index in [1.165, 1.54) is 19.8 Å². The van der Waals surface area contributed by atoms with Crippen LogP contribution in [0.4, 0.5) is 5.69 Å². The highest BCUT2D eigenvalue weighted by Crippen LogP contribution is 2.31. The van der Waals surface area contributed by atoms with Crippen LogP contribution in [-0.2, 0) is 21.2 Å². The Morgan fingerprint density at radius 3 is 2.29 bits per heavy atom. The van der Waals surface area contributed by atoms with Gasteiger partial charge in [0.1, 0.15) is 22.9 Å². The minimum Gasteiger partial charge on any atom is -0.497 e. The van der Waals surface area contributed by atoms with Gasteiger partial charge < -0.3 is 14.8 Å². The topological polar surface area (TPSA) is 84.9 Å². The second-order valence-electron chi connectivity index (χ2n) is 8.36. The maximum Gasteiger partial charge on any atom is 0.268 e. The van der Waals surface area contributed by atoms with Crippen molar-refractivity contribution in [3.05, 3.63) is 83.9 Å². The van der Waals surface area contributed by atoms with E-state index in [2.05, 4.69) is 5.32 Å². The number of methoxy groups -OCH3 is 2. The number of anilines is 1. The quantitative estimate of drug-likeness (QED) is 0.427. The Kier molecular flexibility index (Phi) is 8.76. The first kappa shape index (κ1) is 26.1. The van der Waals surface area contributed by atoms with Crippen LogP contribution in [0.3, 0.4) is 0 Å². The first-order valence-corrected chi connectivity index (χ1v) is 12.8. The lowest BCUT2D eigenvalue weighted by Gasteiger charge is -2.26. The molecule has 3 aromatic carbocycles. The van der Waals surface area contributed by atoms with Crippen molar-refractivity contribution in [1.29, 1.82) is 0 Å². The van der Waals surface area contributed by atoms with Gasteiger partial charge in [-0.05, 0) is 74.2 Å². The van der Waals surface area contributed by atoms with Crippen molar-refractivity contribution in [2.45, 2.75) is 37.6 Å². The highest BCUT2D eigenvalue weighted by atomic mass is 32.2. The molecule has 1 atom stereocenters. The van der Waals surface area contributed by atoms with E-state index in [1.54, 1.807) is 49.4 Å². The van der Waals surface area contributed by atoms with Crippen LogP contribution in [0.1, 0.15) is 24.5 Å². The molecule has 0 saturated carbocycles. The number of aryl methyl sites for hydroxylation is 2. The van der Waals surface area contributed by atoms with E-state index < -0.39 is 15.9 Å². The van der Waals surface area contributed by atoms with E-state index in [-0.39, 0.29) is 23.2 Å². The van der Waals surface area contributed by atoms with Gasteiger partial charge in [-0.1, -0.05) is 36.4 Å². The van der Waals surface area contributed by atoms with Crippen LogP contribution in [0.5, 0.6) is 11.5 Å². The van der Waals surface area contributed by atoms with Gasteiger partial charge in [0.2, 0.25) is 5.91 Å². The molecule has 1 N–H and O–H groups in total. The third-order valence-corrected chi connectivity index (χ3v) is 7.45. The van der Waals surface area contributed by atoms with E-state index in [0.717, 1.165) is 22.7 Å². The van der Waals surface area contributed by atoms with Gasteiger partial charge >= 0.3 is 0 Å². The summed E-state index contributed by atoms with van der Waals surface area (Å²) in [5.41, 5.74) is 2.29. The number of carbonyl (C=O) groups excluding carboxylic acids is 1. The normalized spacial score (nSPS) is 12.0. The van der Waals surface area contributed by atoms with Gasteiger partial charge in [-0.15, -0.1) is 0 Å². The molecule has 35 heavy (non-hydrogen) atoms. The Hall–Kier alpha value is -3.52. The number of hydrogen-bond acceptors (Lipinski definition) is 5. The largest absolute Gasteiger partial charge is 0.497 e. The molecule has 0 fully saturated rings. The summed E-state index contributed by atoms with van der Waals surface area (Å²) in [6, 6.07) is 21.4. The van der Waals surface area contributed by atoms with Crippen LogP contribution in [0.2, 0.25) is 0 Å². The predicted octanol–water partition coefficient (Wildman–Crippen LogP) is 4.35. The monoisotopic (exact) mass is 496 g/mol. The third kappa shape index (κ3) is 6.76. The Balaban J connectivity index is 1.84. The highest BCUT2D eigenvalue weighted by Gasteiger charge is 2.30. The summed E-state index contributed by atoms with van der Waals surface area (Å²) in [7, 11) is -1.17. The molecule has 1 amide bonds. The summed E-state index contributed by atoms with van der Waals surface area (Å²) in [4.78, 5) is 13.0. The van der Waals surface area contributed by atoms with Gasteiger partial charge in [0.15, 0.2) is 0 Å². The molecule has 0 unspecified atom stereocenters. The minimum atomic E-state index is -4.12. The Labute approximate surface area is 207 Å². The van der Waals surface area contributed by atoms with Crippen molar-refractivity contribution >= 4 is 21.6 Å². The Morgan fingerprint density at radius 1 is 0.971 bits per heavy atom. The summed E-state index contributed by atoms with van der Waals surface area (Å²) < 4.78 is 39.2. The van der Waals surface area contributed by atoms with Gasteiger partial charge in [0.05, 0.1) is 19.9 Å². The summed E-state index contributed by atoms with van der Waals surface area (Å²) in [6.07, 6.45) is 1.54. The number of ether oxygens (including phenoxy) is 2. The standard InChI is InChI=1S/C27H32N2O5S/c1-20-10-17-25(34-4)26(18-20)35(31,32)29(23-13-15-24(33-3)16-14-23)19-27(30)28-21(2)11-12-22-8-6-5-7-9-22/h5-10,13-18,21H,11-12,19H2,1-4H3,(H,28,30)/t21-/m1/s1. The predicted molar refractivity (Wildman–Crippen MR) is 138 cm³/mol. The summed E-state index contributed by atoms with van der Waals surface area (Å²) in [6.45, 7) is 3.34. The first-order valence-electron chi connectivity index (χ1n) is 11.4. The van der Waals surface area contributed by atoms with Gasteiger partial charge in [0.25, 0.3) is 10.0 Å². The van der Waals surface area contributed by atoms with E-state index in [0.29, 0.717) is 11.4 Å². The average molecular weight is 497 g/mol. The lowest BCUT2D eigenvalue weighted by Crippen LogP contribution is -2.43. The fraction of sp³-hybridized carbons (Fsp3) is 0.296. The SMILES string of the molecule is COc1ccc(N(CC(=O)N[C@H](C)CCc2ccccc2)S(=O)(=O)c2cc(C)ccc2OC)cc1. The molecule has 0 aliphatic heterocycles. The third-order valence-electron chi connectivity index (χ3n) is 5.65. The molecule has 0 heterocycles. The number of rotatable bonds is 11. The van der Waals surface area contributed by atoms with E-state index in [9.17, 15) is 13.2 Å². The number of nitrogens with zero attached hydrogens (tertiary/aromatic N) is 1. The molecular formula is C27H32N2O5S. The zero-order chi connectivity index (χ0) is 25.4. The minimum absolute atomic E-state index is 0.000689. The Morgan fingerprint density at radius 2 is 1.66 bits per heavy atom. The van der Waals surface area contributed by atoms with E-state index >= 15 is 0 Å². The van der Waals surface area contributed by atoms with E-state index in [4.69, 9.17) is 9.47 Å². The maximum absolute atomic E-state index is 13.8. The smallest absolute Gasteiger partial charge is 0.268 e. The molecule has 3 rings (SSSR count). The van der Waals surface area contributed by atoms with Crippen molar-refractivity contribution in [3.63, 3.8) is 0 Å². The first-order chi connectivity index (χ1) is 16.7. The molecular weight excluding hydrogens is 464 g/mol. The number of benzene rings is 3. The molecule has 0 aromatic heterocycles.